The van der Waals surface area contributed by atoms with Gasteiger partial charge in [-0.05, 0) is 53.9 Å². The van der Waals surface area contributed by atoms with E-state index in [4.69, 9.17) is 4.52 Å². The summed E-state index contributed by atoms with van der Waals surface area (Å²) in [6.45, 7) is 0.625. The number of carbonyl (C=O) groups is 1. The summed E-state index contributed by atoms with van der Waals surface area (Å²) in [6.07, 6.45) is -7.33. The minimum Gasteiger partial charge on any atom is -0.390 e. The van der Waals surface area contributed by atoms with Gasteiger partial charge in [-0.15, -0.1) is 5.10 Å². The molecular weight excluding hydrogens is 568 g/mol. The largest absolute Gasteiger partial charge is 0.416 e. The molecule has 1 N–H and O–H groups in total. The first-order valence-electron chi connectivity index (χ1n) is 12.2. The van der Waals surface area contributed by atoms with E-state index in [1.807, 2.05) is 0 Å². The highest BCUT2D eigenvalue weighted by molar-refractivity contribution is 6.13. The van der Waals surface area contributed by atoms with Crippen LogP contribution in [0.4, 0.5) is 26.3 Å². The number of pyridine rings is 1. The number of halogens is 6. The van der Waals surface area contributed by atoms with Crippen molar-refractivity contribution in [3.05, 3.63) is 106 Å². The molecule has 5 rings (SSSR count). The van der Waals surface area contributed by atoms with Gasteiger partial charge in [0, 0.05) is 18.0 Å². The van der Waals surface area contributed by atoms with E-state index in [9.17, 15) is 36.2 Å². The highest BCUT2D eigenvalue weighted by Gasteiger charge is 2.37. The molecule has 0 aliphatic heterocycles. The summed E-state index contributed by atoms with van der Waals surface area (Å²) in [7, 11) is 0. The topological polar surface area (TPSA) is 107 Å². The lowest BCUT2D eigenvalue weighted by Crippen LogP contribution is -2.13. The van der Waals surface area contributed by atoms with Crippen LogP contribution < -0.4 is 0 Å². The van der Waals surface area contributed by atoms with Crippen molar-refractivity contribution in [3.63, 3.8) is 0 Å². The van der Waals surface area contributed by atoms with Crippen molar-refractivity contribution in [1.29, 1.82) is 0 Å². The molecule has 0 unspecified atom stereocenters. The molecule has 14 heteroatoms. The Bertz CT molecular complexity index is 1730. The molecule has 3 aromatic heterocycles. The lowest BCUT2D eigenvalue weighted by atomic mass is 9.96. The number of carbonyl (C=O) groups excluding carboxylic acids is 1. The van der Waals surface area contributed by atoms with Gasteiger partial charge in [-0.2, -0.15) is 26.3 Å². The van der Waals surface area contributed by atoms with Crippen LogP contribution in [0, 0.1) is 6.92 Å². The summed E-state index contributed by atoms with van der Waals surface area (Å²) in [5, 5.41) is 21.5. The van der Waals surface area contributed by atoms with E-state index in [1.54, 1.807) is 31.2 Å². The predicted octanol–water partition coefficient (Wildman–Crippen LogP) is 6.11. The molecule has 0 aliphatic rings. The number of hydrogen-bond acceptors (Lipinski definition) is 7. The van der Waals surface area contributed by atoms with Crippen molar-refractivity contribution in [3.8, 4) is 22.4 Å². The van der Waals surface area contributed by atoms with Crippen LogP contribution in [0.1, 0.15) is 44.2 Å². The van der Waals surface area contributed by atoms with Crippen molar-refractivity contribution in [1.82, 2.24) is 25.1 Å². The Morgan fingerprint density at radius 3 is 2.26 bits per heavy atom. The number of nitrogens with zero attached hydrogens (tertiary/aromatic N) is 5. The highest BCUT2D eigenvalue weighted by Crippen LogP contribution is 2.37. The van der Waals surface area contributed by atoms with Gasteiger partial charge in [0.15, 0.2) is 5.69 Å². The normalized spacial score (nSPS) is 12.1. The number of rotatable bonds is 7. The van der Waals surface area contributed by atoms with Gasteiger partial charge in [-0.3, -0.25) is 9.78 Å². The Kier molecular flexibility index (Phi) is 7.41. The van der Waals surface area contributed by atoms with E-state index in [1.165, 1.54) is 24.5 Å². The molecule has 5 aromatic rings. The quantitative estimate of drug-likeness (QED) is 0.181. The van der Waals surface area contributed by atoms with E-state index in [0.717, 1.165) is 10.2 Å². The second-order valence-corrected chi connectivity index (χ2v) is 9.24. The Morgan fingerprint density at radius 2 is 1.67 bits per heavy atom. The van der Waals surface area contributed by atoms with Crippen LogP contribution in [0.5, 0.6) is 0 Å². The van der Waals surface area contributed by atoms with E-state index in [-0.39, 0.29) is 45.6 Å². The fourth-order valence-corrected chi connectivity index (χ4v) is 4.47. The molecule has 2 aromatic carbocycles. The molecule has 216 valence electrons. The van der Waals surface area contributed by atoms with Crippen molar-refractivity contribution in [2.45, 2.75) is 32.4 Å². The third-order valence-electron chi connectivity index (χ3n) is 6.40. The minimum atomic E-state index is -5.05. The second-order valence-electron chi connectivity index (χ2n) is 9.24. The smallest absolute Gasteiger partial charge is 0.390 e. The second kappa shape index (κ2) is 10.9. The predicted molar refractivity (Wildman–Crippen MR) is 135 cm³/mol. The van der Waals surface area contributed by atoms with Crippen molar-refractivity contribution < 1.29 is 40.8 Å². The van der Waals surface area contributed by atoms with E-state index >= 15 is 0 Å². The van der Waals surface area contributed by atoms with E-state index in [2.05, 4.69) is 20.5 Å². The number of alkyl halides is 6. The standard InChI is InChI=1S/C28H19F6N5O3/c1-15-5-2-3-7-20(15)22-21(14-40)37-42-26(22)25(41)23-24(17-6-4-8-35-12-17)39(38-36-23)13-16-9-18(27(29,30)31)11-19(10-16)28(32,33)34/h2-12,40H,13-14H2,1H3. The third-order valence-corrected chi connectivity index (χ3v) is 6.40. The molecule has 0 fully saturated rings. The van der Waals surface area contributed by atoms with Gasteiger partial charge in [0.05, 0.1) is 29.8 Å². The number of aryl methyl sites for hydroxylation is 1. The first-order valence-corrected chi connectivity index (χ1v) is 12.2. The molecule has 0 bridgehead atoms. The fraction of sp³-hybridized carbons (Fsp3) is 0.179. The first-order chi connectivity index (χ1) is 19.9. The number of aromatic nitrogens is 5. The molecule has 0 saturated heterocycles. The molecule has 0 atom stereocenters. The van der Waals surface area contributed by atoms with Crippen LogP contribution in [-0.4, -0.2) is 36.0 Å². The SMILES string of the molecule is Cc1ccccc1-c1c(CO)noc1C(=O)c1nnn(Cc2cc(C(F)(F)F)cc(C(F)(F)F)c2)c1-c1cccnc1. The lowest BCUT2D eigenvalue weighted by molar-refractivity contribution is -0.143. The monoisotopic (exact) mass is 587 g/mol. The van der Waals surface area contributed by atoms with Crippen LogP contribution in [0.2, 0.25) is 0 Å². The molecule has 0 spiro atoms. The lowest BCUT2D eigenvalue weighted by Gasteiger charge is -2.15. The van der Waals surface area contributed by atoms with Gasteiger partial charge in [-0.1, -0.05) is 34.6 Å². The molecule has 0 radical (unpaired) electrons. The third kappa shape index (κ3) is 5.52. The number of aliphatic hydroxyl groups is 1. The van der Waals surface area contributed by atoms with Crippen LogP contribution in [0.3, 0.4) is 0 Å². The summed E-state index contributed by atoms with van der Waals surface area (Å²) in [5.41, 5.74) is -1.89. The average molecular weight is 587 g/mol. The van der Waals surface area contributed by atoms with E-state index < -0.39 is 42.4 Å². The number of hydrogen-bond donors (Lipinski definition) is 1. The van der Waals surface area contributed by atoms with Crippen molar-refractivity contribution in [2.24, 2.45) is 0 Å². The van der Waals surface area contributed by atoms with Crippen LogP contribution in [0.15, 0.2) is 71.5 Å². The van der Waals surface area contributed by atoms with Crippen molar-refractivity contribution in [2.75, 3.05) is 0 Å². The van der Waals surface area contributed by atoms with Gasteiger partial charge in [0.2, 0.25) is 5.76 Å². The maximum absolute atomic E-state index is 13.9. The molecule has 8 nitrogen and oxygen atoms in total. The fourth-order valence-electron chi connectivity index (χ4n) is 4.47. The van der Waals surface area contributed by atoms with Crippen LogP contribution in [-0.2, 0) is 25.5 Å². The van der Waals surface area contributed by atoms with Gasteiger partial charge in [-0.25, -0.2) is 4.68 Å². The Morgan fingerprint density at radius 1 is 0.976 bits per heavy atom. The maximum Gasteiger partial charge on any atom is 0.416 e. The molecule has 42 heavy (non-hydrogen) atoms. The first kappa shape index (κ1) is 28.7. The van der Waals surface area contributed by atoms with Gasteiger partial charge >= 0.3 is 12.4 Å². The van der Waals surface area contributed by atoms with Gasteiger partial charge in [0.25, 0.3) is 5.78 Å². The van der Waals surface area contributed by atoms with Crippen LogP contribution >= 0.6 is 0 Å². The molecule has 0 aliphatic carbocycles. The summed E-state index contributed by atoms with van der Waals surface area (Å²) in [6, 6.07) is 11.2. The summed E-state index contributed by atoms with van der Waals surface area (Å²) < 4.78 is 87.1. The number of benzene rings is 2. The van der Waals surface area contributed by atoms with E-state index in [0.29, 0.717) is 17.7 Å². The van der Waals surface area contributed by atoms with Crippen molar-refractivity contribution >= 4 is 5.78 Å². The minimum absolute atomic E-state index is 0.0254. The van der Waals surface area contributed by atoms with Gasteiger partial charge < -0.3 is 9.63 Å². The van der Waals surface area contributed by atoms with Crippen LogP contribution in [0.25, 0.3) is 22.4 Å². The maximum atomic E-state index is 13.9. The molecular formula is C28H19F6N5O3. The molecule has 0 amide bonds. The highest BCUT2D eigenvalue weighted by atomic mass is 19.4. The number of ketones is 1. The Labute approximate surface area is 233 Å². The molecule has 3 heterocycles. The number of aliphatic hydroxyl groups excluding tert-OH is 1. The average Bonchev–Trinajstić information content (AvgIpc) is 3.57. The zero-order valence-corrected chi connectivity index (χ0v) is 21.5. The molecule has 0 saturated carbocycles. The summed E-state index contributed by atoms with van der Waals surface area (Å²) in [4.78, 5) is 17.9. The van der Waals surface area contributed by atoms with Gasteiger partial charge in [0.1, 0.15) is 11.4 Å². The Balaban J connectivity index is 1.65. The zero-order chi connectivity index (χ0) is 30.2. The Hall–Kier alpha value is -4.85. The zero-order valence-electron chi connectivity index (χ0n) is 21.5. The summed E-state index contributed by atoms with van der Waals surface area (Å²) >= 11 is 0. The summed E-state index contributed by atoms with van der Waals surface area (Å²) in [5.74, 6) is -1.12.